The van der Waals surface area contributed by atoms with Crippen LogP contribution >= 0.6 is 0 Å². The van der Waals surface area contributed by atoms with Crippen molar-refractivity contribution in [2.24, 2.45) is 7.05 Å². The van der Waals surface area contributed by atoms with Crippen molar-refractivity contribution < 1.29 is 9.53 Å². The number of nitrogens with one attached hydrogen (secondary N) is 2. The second-order valence-corrected chi connectivity index (χ2v) is 5.48. The fraction of sp³-hybridized carbons (Fsp3) is 0.235. The average Bonchev–Trinajstić information content (AvgIpc) is 3.20. The maximum absolute atomic E-state index is 12.2. The Labute approximate surface area is 139 Å². The van der Waals surface area contributed by atoms with E-state index in [0.717, 1.165) is 22.7 Å². The molecule has 1 aromatic carbocycles. The predicted octanol–water partition coefficient (Wildman–Crippen LogP) is 2.06. The van der Waals surface area contributed by atoms with Crippen LogP contribution in [0.1, 0.15) is 21.9 Å². The molecule has 0 fully saturated rings. The number of ether oxygens (including phenoxy) is 1. The summed E-state index contributed by atoms with van der Waals surface area (Å²) in [5, 5.41) is 14.1. The van der Waals surface area contributed by atoms with Crippen LogP contribution in [0.5, 0.6) is 5.75 Å². The first-order chi connectivity index (χ1) is 11.6. The Morgan fingerprint density at radius 3 is 2.88 bits per heavy atom. The summed E-state index contributed by atoms with van der Waals surface area (Å²) in [5.41, 5.74) is 3.83. The van der Waals surface area contributed by atoms with Gasteiger partial charge in [0.2, 0.25) is 0 Å². The number of hydrogen-bond donors (Lipinski definition) is 2. The van der Waals surface area contributed by atoms with E-state index in [2.05, 4.69) is 20.6 Å². The summed E-state index contributed by atoms with van der Waals surface area (Å²) in [7, 11) is 3.48. The van der Waals surface area contributed by atoms with E-state index in [9.17, 15) is 4.79 Å². The fourth-order valence-electron chi connectivity index (χ4n) is 2.36. The Balaban J connectivity index is 1.69. The maximum atomic E-state index is 12.2. The molecule has 2 N–H and O–H groups in total. The highest BCUT2D eigenvalue weighted by molar-refractivity contribution is 5.93. The van der Waals surface area contributed by atoms with Crippen molar-refractivity contribution in [2.45, 2.75) is 13.5 Å². The van der Waals surface area contributed by atoms with Gasteiger partial charge in [0, 0.05) is 18.3 Å². The van der Waals surface area contributed by atoms with Gasteiger partial charge in [-0.1, -0.05) is 12.1 Å². The van der Waals surface area contributed by atoms with Crippen LogP contribution in [0.15, 0.2) is 36.4 Å². The van der Waals surface area contributed by atoms with Crippen LogP contribution in [0.2, 0.25) is 0 Å². The number of aryl methyl sites for hydroxylation is 2. The van der Waals surface area contributed by atoms with Gasteiger partial charge in [-0.25, -0.2) is 0 Å². The molecule has 0 aliphatic rings. The van der Waals surface area contributed by atoms with Gasteiger partial charge in [-0.3, -0.25) is 14.6 Å². The second-order valence-electron chi connectivity index (χ2n) is 5.48. The van der Waals surface area contributed by atoms with Crippen LogP contribution in [0.25, 0.3) is 11.3 Å². The number of aromatic amines is 1. The lowest BCUT2D eigenvalue weighted by molar-refractivity contribution is 0.0945. The third-order valence-electron chi connectivity index (χ3n) is 3.78. The van der Waals surface area contributed by atoms with E-state index in [4.69, 9.17) is 4.74 Å². The molecule has 2 aromatic heterocycles. The highest BCUT2D eigenvalue weighted by Crippen LogP contribution is 2.22. The number of H-pyrrole nitrogens is 1. The Kier molecular flexibility index (Phi) is 4.33. The smallest absolute Gasteiger partial charge is 0.269 e. The van der Waals surface area contributed by atoms with Crippen molar-refractivity contribution in [3.8, 4) is 17.0 Å². The normalized spacial score (nSPS) is 10.6. The maximum Gasteiger partial charge on any atom is 0.269 e. The molecule has 3 rings (SSSR count). The second kappa shape index (κ2) is 6.57. The van der Waals surface area contributed by atoms with Gasteiger partial charge in [-0.2, -0.15) is 10.2 Å². The van der Waals surface area contributed by atoms with Crippen LogP contribution in [0.4, 0.5) is 0 Å². The standard InChI is InChI=1S/C17H19N5O2/c1-11-7-13(21-22(11)2)10-18-17(23)16-9-15(19-20-16)12-5-4-6-14(8-12)24-3/h4-9H,10H2,1-3H3,(H,18,23)(H,19,20). The minimum atomic E-state index is -0.222. The first-order valence-electron chi connectivity index (χ1n) is 7.54. The quantitative estimate of drug-likeness (QED) is 0.752. The minimum absolute atomic E-state index is 0.222. The molecule has 2 heterocycles. The lowest BCUT2D eigenvalue weighted by Gasteiger charge is -2.01. The number of aromatic nitrogens is 4. The van der Waals surface area contributed by atoms with E-state index in [1.54, 1.807) is 17.9 Å². The number of carbonyl (C=O) groups is 1. The van der Waals surface area contributed by atoms with Gasteiger partial charge < -0.3 is 10.1 Å². The SMILES string of the molecule is COc1cccc(-c2cc(C(=O)NCc3cc(C)n(C)n3)[nH]n2)c1. The lowest BCUT2D eigenvalue weighted by Crippen LogP contribution is -2.23. The number of amides is 1. The molecule has 7 nitrogen and oxygen atoms in total. The van der Waals surface area contributed by atoms with Gasteiger partial charge in [0.25, 0.3) is 5.91 Å². The summed E-state index contributed by atoms with van der Waals surface area (Å²) >= 11 is 0. The molecular formula is C17H19N5O2. The fourth-order valence-corrected chi connectivity index (χ4v) is 2.36. The Hall–Kier alpha value is -3.09. The highest BCUT2D eigenvalue weighted by atomic mass is 16.5. The molecule has 0 aliphatic heterocycles. The molecule has 0 unspecified atom stereocenters. The van der Waals surface area contributed by atoms with Crippen LogP contribution in [0.3, 0.4) is 0 Å². The van der Waals surface area contributed by atoms with Crippen molar-refractivity contribution in [1.82, 2.24) is 25.3 Å². The zero-order chi connectivity index (χ0) is 17.1. The molecule has 0 saturated heterocycles. The van der Waals surface area contributed by atoms with Crippen LogP contribution in [0, 0.1) is 6.92 Å². The van der Waals surface area contributed by atoms with E-state index in [1.807, 2.05) is 44.3 Å². The first kappa shape index (κ1) is 15.8. The number of benzene rings is 1. The molecule has 0 saturated carbocycles. The van der Waals surface area contributed by atoms with Gasteiger partial charge in [0.15, 0.2) is 0 Å². The van der Waals surface area contributed by atoms with Crippen molar-refractivity contribution in [3.05, 3.63) is 53.5 Å². The van der Waals surface area contributed by atoms with Crippen molar-refractivity contribution in [3.63, 3.8) is 0 Å². The molecule has 1 amide bonds. The predicted molar refractivity (Wildman–Crippen MR) is 89.7 cm³/mol. The number of carbonyl (C=O) groups excluding carboxylic acids is 1. The van der Waals surface area contributed by atoms with E-state index >= 15 is 0 Å². The van der Waals surface area contributed by atoms with Crippen LogP contribution in [-0.4, -0.2) is 33.0 Å². The Bertz CT molecular complexity index is 846. The molecule has 0 bridgehead atoms. The molecule has 124 valence electrons. The molecular weight excluding hydrogens is 306 g/mol. The topological polar surface area (TPSA) is 84.8 Å². The summed E-state index contributed by atoms with van der Waals surface area (Å²) < 4.78 is 6.98. The van der Waals surface area contributed by atoms with Gasteiger partial charge in [0.05, 0.1) is 25.0 Å². The summed E-state index contributed by atoms with van der Waals surface area (Å²) in [6.45, 7) is 2.33. The number of hydrogen-bond acceptors (Lipinski definition) is 4. The summed E-state index contributed by atoms with van der Waals surface area (Å²) in [5.74, 6) is 0.520. The highest BCUT2D eigenvalue weighted by Gasteiger charge is 2.12. The number of nitrogens with zero attached hydrogens (tertiary/aromatic N) is 3. The molecule has 0 spiro atoms. The number of rotatable bonds is 5. The zero-order valence-corrected chi connectivity index (χ0v) is 13.8. The third kappa shape index (κ3) is 3.29. The Morgan fingerprint density at radius 2 is 2.17 bits per heavy atom. The molecule has 0 aliphatic carbocycles. The Morgan fingerprint density at radius 1 is 1.33 bits per heavy atom. The van der Waals surface area contributed by atoms with Crippen molar-refractivity contribution in [1.29, 1.82) is 0 Å². The zero-order valence-electron chi connectivity index (χ0n) is 13.8. The van der Waals surface area contributed by atoms with Gasteiger partial charge >= 0.3 is 0 Å². The molecule has 0 atom stereocenters. The van der Waals surface area contributed by atoms with Crippen molar-refractivity contribution >= 4 is 5.91 Å². The molecule has 7 heteroatoms. The summed E-state index contributed by atoms with van der Waals surface area (Å²) in [6.07, 6.45) is 0. The van der Waals surface area contributed by atoms with E-state index in [0.29, 0.717) is 17.9 Å². The van der Waals surface area contributed by atoms with E-state index in [1.165, 1.54) is 0 Å². The van der Waals surface area contributed by atoms with Crippen LogP contribution in [-0.2, 0) is 13.6 Å². The molecule has 3 aromatic rings. The first-order valence-corrected chi connectivity index (χ1v) is 7.54. The summed E-state index contributed by atoms with van der Waals surface area (Å²) in [6, 6.07) is 11.2. The number of methoxy groups -OCH3 is 1. The van der Waals surface area contributed by atoms with Gasteiger partial charge in [-0.05, 0) is 31.2 Å². The largest absolute Gasteiger partial charge is 0.497 e. The summed E-state index contributed by atoms with van der Waals surface area (Å²) in [4.78, 5) is 12.2. The van der Waals surface area contributed by atoms with Crippen LogP contribution < -0.4 is 10.1 Å². The lowest BCUT2D eigenvalue weighted by atomic mass is 10.1. The van der Waals surface area contributed by atoms with E-state index in [-0.39, 0.29) is 5.91 Å². The molecule has 0 radical (unpaired) electrons. The third-order valence-corrected chi connectivity index (χ3v) is 3.78. The van der Waals surface area contributed by atoms with E-state index < -0.39 is 0 Å². The van der Waals surface area contributed by atoms with Crippen molar-refractivity contribution in [2.75, 3.05) is 7.11 Å². The molecule has 24 heavy (non-hydrogen) atoms. The van der Waals surface area contributed by atoms with Gasteiger partial charge in [0.1, 0.15) is 11.4 Å². The monoisotopic (exact) mass is 325 g/mol. The average molecular weight is 325 g/mol. The minimum Gasteiger partial charge on any atom is -0.497 e. The van der Waals surface area contributed by atoms with Gasteiger partial charge in [-0.15, -0.1) is 0 Å².